The van der Waals surface area contributed by atoms with E-state index in [-0.39, 0.29) is 37.7 Å². The summed E-state index contributed by atoms with van der Waals surface area (Å²) in [5.74, 6) is 0. The molecule has 4 nitrogen and oxygen atoms in total. The standard InChI is InChI=1S/2Ca.2ClH.H3O4P.2H/c;;;;1-5(2,3)4;;/h;;2*1H;(H3,1,2,3,4);;/q;+2;;;;;/p-2. The number of hydrogen-bond donors (Lipinski definition) is 3. The van der Waals surface area contributed by atoms with Crippen LogP contribution in [0.5, 0.6) is 0 Å². The summed E-state index contributed by atoms with van der Waals surface area (Å²) in [7, 11) is -4.64. The molecule has 0 saturated carbocycles. The molecule has 9 heteroatoms. The van der Waals surface area contributed by atoms with E-state index < -0.39 is 38.7 Å². The van der Waals surface area contributed by atoms with Crippen molar-refractivity contribution in [3.63, 3.8) is 0 Å². The minimum atomic E-state index is -4.64. The van der Waals surface area contributed by atoms with Crippen molar-refractivity contribution in [2.45, 2.75) is 0 Å². The number of phosphoric acid groups is 1. The molecule has 0 fully saturated rings. The van der Waals surface area contributed by atoms with Crippen LogP contribution in [0.4, 0.5) is 0 Å². The first kappa shape index (κ1) is 18.1. The SMILES string of the molecule is O=P(O)(O)O.[CaH2].[Cl][Ca][Cl]. The summed E-state index contributed by atoms with van der Waals surface area (Å²) in [6.07, 6.45) is 9.90. The second-order valence-electron chi connectivity index (χ2n) is 0.614. The molecule has 0 aliphatic heterocycles. The number of hydrogen-bond acceptors (Lipinski definition) is 1. The second-order valence-corrected chi connectivity index (χ2v) is 5.29. The van der Waals surface area contributed by atoms with Gasteiger partial charge in [0, 0.05) is 0 Å². The van der Waals surface area contributed by atoms with E-state index in [4.69, 9.17) is 32.0 Å². The molecule has 0 saturated heterocycles. The van der Waals surface area contributed by atoms with Crippen molar-refractivity contribution in [2.24, 2.45) is 0 Å². The Morgan fingerprint density at radius 2 is 1.22 bits per heavy atom. The topological polar surface area (TPSA) is 77.8 Å². The Labute approximate surface area is 106 Å². The van der Waals surface area contributed by atoms with Crippen molar-refractivity contribution in [3.8, 4) is 0 Å². The van der Waals surface area contributed by atoms with Gasteiger partial charge in [0.05, 0.1) is 0 Å². The van der Waals surface area contributed by atoms with E-state index in [1.54, 1.807) is 0 Å². The summed E-state index contributed by atoms with van der Waals surface area (Å²) < 4.78 is 8.88. The van der Waals surface area contributed by atoms with Gasteiger partial charge in [0.25, 0.3) is 0 Å². The Balaban J connectivity index is -0.0000000800. The second kappa shape index (κ2) is 11.2. The zero-order chi connectivity index (χ0) is 7.21. The molecule has 0 rings (SSSR count). The van der Waals surface area contributed by atoms with Crippen LogP contribution in [0.15, 0.2) is 0 Å². The fraction of sp³-hybridized carbons (Fsp3) is 0. The summed E-state index contributed by atoms with van der Waals surface area (Å²) in [6.45, 7) is 0. The molecule has 0 unspecified atom stereocenters. The van der Waals surface area contributed by atoms with E-state index in [0.29, 0.717) is 0 Å². The molecule has 0 aromatic carbocycles. The van der Waals surface area contributed by atoms with Crippen LogP contribution in [0.3, 0.4) is 0 Å². The summed E-state index contributed by atoms with van der Waals surface area (Å²) in [5, 5.41) is 0. The van der Waals surface area contributed by atoms with Crippen molar-refractivity contribution >= 4 is 89.2 Å². The molecular weight excluding hydrogens is 246 g/mol. The minimum absolute atomic E-state index is 0. The van der Waals surface area contributed by atoms with Gasteiger partial charge in [-0.15, -0.1) is 0 Å². The van der Waals surface area contributed by atoms with E-state index in [0.717, 1.165) is 0 Å². The van der Waals surface area contributed by atoms with Gasteiger partial charge in [0.1, 0.15) is 0 Å². The first-order valence-electron chi connectivity index (χ1n) is 1.32. The van der Waals surface area contributed by atoms with E-state index in [9.17, 15) is 0 Å². The molecule has 0 atom stereocenters. The Hall–Kier alpha value is 3.21. The van der Waals surface area contributed by atoms with Gasteiger partial charge < -0.3 is 14.7 Å². The first-order chi connectivity index (χ1) is 3.41. The van der Waals surface area contributed by atoms with Gasteiger partial charge in [-0.25, -0.2) is 4.57 Å². The monoisotopic (exact) mass is 250 g/mol. The van der Waals surface area contributed by atoms with Crippen LogP contribution < -0.4 is 0 Å². The van der Waals surface area contributed by atoms with Crippen LogP contribution in [0.1, 0.15) is 0 Å². The van der Waals surface area contributed by atoms with Gasteiger partial charge in [0.2, 0.25) is 0 Å². The molecule has 0 spiro atoms. The predicted octanol–water partition coefficient (Wildman–Crippen LogP) is -0.847. The Bertz CT molecular complexity index is 72.4. The van der Waals surface area contributed by atoms with Crippen molar-refractivity contribution in [2.75, 3.05) is 0 Å². The molecule has 0 aliphatic rings. The quantitative estimate of drug-likeness (QED) is 0.387. The van der Waals surface area contributed by atoms with E-state index >= 15 is 0 Å². The molecule has 3 N–H and O–H groups in total. The van der Waals surface area contributed by atoms with Gasteiger partial charge in [-0.05, 0) is 0 Å². The fourth-order valence-electron chi connectivity index (χ4n) is 0. The third-order valence-electron chi connectivity index (χ3n) is 0. The molecule has 0 amide bonds. The van der Waals surface area contributed by atoms with Crippen LogP contribution in [0.25, 0.3) is 0 Å². The summed E-state index contributed by atoms with van der Waals surface area (Å²) >= 11 is -0.931. The summed E-state index contributed by atoms with van der Waals surface area (Å²) in [5.41, 5.74) is 0. The van der Waals surface area contributed by atoms with Gasteiger partial charge >= 0.3 is 89.2 Å². The average molecular weight is 251 g/mol. The number of rotatable bonds is 0. The van der Waals surface area contributed by atoms with Crippen LogP contribution in [0.2, 0.25) is 0 Å². The van der Waals surface area contributed by atoms with E-state index in [1.807, 2.05) is 0 Å². The van der Waals surface area contributed by atoms with Crippen molar-refractivity contribution in [1.29, 1.82) is 0 Å². The molecular formula is H5Ca2Cl2O4P. The van der Waals surface area contributed by atoms with Crippen LogP contribution in [0, 0.1) is 0 Å². The molecule has 0 radical (unpaired) electrons. The summed E-state index contributed by atoms with van der Waals surface area (Å²) in [6, 6.07) is 0. The molecule has 9 heavy (non-hydrogen) atoms. The Kier molecular flexibility index (Phi) is 22.5. The van der Waals surface area contributed by atoms with Crippen LogP contribution in [-0.2, 0) is 4.57 Å². The third-order valence-corrected chi connectivity index (χ3v) is 0. The summed E-state index contributed by atoms with van der Waals surface area (Å²) in [4.78, 5) is 21.6. The maximum absolute atomic E-state index is 8.88. The van der Waals surface area contributed by atoms with Gasteiger partial charge in [-0.2, -0.15) is 0 Å². The number of halogens is 2. The normalized spacial score (nSPS) is 7.67. The molecule has 52 valence electrons. The zero-order valence-corrected chi connectivity index (χ0v) is 8.27. The predicted molar refractivity (Wildman–Crippen MR) is 40.3 cm³/mol. The molecule has 0 aliphatic carbocycles. The molecule has 0 heterocycles. The van der Waals surface area contributed by atoms with Crippen molar-refractivity contribution < 1.29 is 19.2 Å². The zero-order valence-electron chi connectivity index (χ0n) is 3.66. The van der Waals surface area contributed by atoms with Crippen LogP contribution >= 0.6 is 20.6 Å². The molecule has 0 aromatic heterocycles. The fourth-order valence-corrected chi connectivity index (χ4v) is 0. The van der Waals surface area contributed by atoms with Crippen molar-refractivity contribution in [1.82, 2.24) is 0 Å². The van der Waals surface area contributed by atoms with E-state index in [2.05, 4.69) is 0 Å². The molecule has 0 aromatic rings. The van der Waals surface area contributed by atoms with E-state index in [1.165, 1.54) is 0 Å². The maximum atomic E-state index is 8.88. The average Bonchev–Trinajstić information content (AvgIpc) is 1.27. The third kappa shape index (κ3) is 92.3. The van der Waals surface area contributed by atoms with Crippen molar-refractivity contribution in [3.05, 3.63) is 0 Å². The first-order valence-corrected chi connectivity index (χ1v) is 8.96. The van der Waals surface area contributed by atoms with Crippen LogP contribution in [-0.4, -0.2) is 83.3 Å². The Morgan fingerprint density at radius 1 is 1.22 bits per heavy atom. The van der Waals surface area contributed by atoms with Gasteiger partial charge in [0.15, 0.2) is 0 Å². The van der Waals surface area contributed by atoms with Gasteiger partial charge in [-0.3, -0.25) is 0 Å². The Morgan fingerprint density at radius 3 is 1.22 bits per heavy atom. The molecule has 0 bridgehead atoms. The van der Waals surface area contributed by atoms with Gasteiger partial charge in [-0.1, -0.05) is 0 Å².